The monoisotopic (exact) mass is 483 g/mol. The van der Waals surface area contributed by atoms with E-state index in [1.54, 1.807) is 4.90 Å². The first kappa shape index (κ1) is 23.6. The van der Waals surface area contributed by atoms with Gasteiger partial charge in [-0.1, -0.05) is 86.3 Å². The lowest BCUT2D eigenvalue weighted by atomic mass is 10.1. The van der Waals surface area contributed by atoms with Crippen molar-refractivity contribution in [3.8, 4) is 22.5 Å². The van der Waals surface area contributed by atoms with Gasteiger partial charge in [-0.3, -0.25) is 4.79 Å². The average Bonchev–Trinajstić information content (AvgIpc) is 3.40. The van der Waals surface area contributed by atoms with Crippen LogP contribution in [0.25, 0.3) is 22.5 Å². The predicted octanol–water partition coefficient (Wildman–Crippen LogP) is 4.51. The maximum Gasteiger partial charge on any atom is 0.233 e. The van der Waals surface area contributed by atoms with Gasteiger partial charge in [-0.15, -0.1) is 0 Å². The maximum absolute atomic E-state index is 13.2. The second-order valence-corrected chi connectivity index (χ2v) is 12.0. The van der Waals surface area contributed by atoms with E-state index in [-0.39, 0.29) is 35.1 Å². The van der Waals surface area contributed by atoms with Crippen molar-refractivity contribution < 1.29 is 13.2 Å². The molecule has 1 saturated heterocycles. The zero-order valence-electron chi connectivity index (χ0n) is 18.9. The first-order valence-electron chi connectivity index (χ1n) is 11.2. The van der Waals surface area contributed by atoms with Gasteiger partial charge in [-0.05, 0) is 12.3 Å². The van der Waals surface area contributed by atoms with Crippen molar-refractivity contribution in [1.82, 2.24) is 14.9 Å². The molecule has 1 unspecified atom stereocenters. The number of rotatable bonds is 8. The smallest absolute Gasteiger partial charge is 0.233 e. The largest absolute Gasteiger partial charge is 0.338 e. The Bertz CT molecular complexity index is 1140. The minimum Gasteiger partial charge on any atom is -0.338 e. The fraction of sp³-hybridized carbons (Fsp3) is 0.360. The molecule has 2 aromatic carbocycles. The third-order valence-electron chi connectivity index (χ3n) is 5.66. The Balaban J connectivity index is 1.55. The van der Waals surface area contributed by atoms with Crippen LogP contribution in [0, 0.1) is 5.92 Å². The van der Waals surface area contributed by atoms with Crippen molar-refractivity contribution in [2.45, 2.75) is 31.5 Å². The molecule has 1 atom stereocenters. The number of hydrogen-bond acceptors (Lipinski definition) is 5. The molecule has 174 valence electrons. The Morgan fingerprint density at radius 3 is 2.30 bits per heavy atom. The SMILES string of the molecule is CC(C)CN(C(=O)CSc1nc(-c2ccccc2)c(-c2ccccc2)[nH]1)C1CCS(=O)(=O)C1. The van der Waals surface area contributed by atoms with Gasteiger partial charge < -0.3 is 9.88 Å². The molecule has 0 bridgehead atoms. The topological polar surface area (TPSA) is 83.1 Å². The quantitative estimate of drug-likeness (QED) is 0.477. The number of aromatic nitrogens is 2. The van der Waals surface area contributed by atoms with Gasteiger partial charge in [0.1, 0.15) is 0 Å². The molecule has 33 heavy (non-hydrogen) atoms. The molecule has 1 fully saturated rings. The van der Waals surface area contributed by atoms with Crippen LogP contribution in [-0.2, 0) is 14.6 Å². The number of sulfone groups is 1. The minimum atomic E-state index is -3.06. The van der Waals surface area contributed by atoms with Crippen LogP contribution in [0.4, 0.5) is 0 Å². The van der Waals surface area contributed by atoms with E-state index in [4.69, 9.17) is 4.98 Å². The zero-order chi connectivity index (χ0) is 23.4. The molecule has 8 heteroatoms. The molecule has 4 rings (SSSR count). The Morgan fingerprint density at radius 1 is 1.09 bits per heavy atom. The number of amides is 1. The van der Waals surface area contributed by atoms with Crippen molar-refractivity contribution in [2.75, 3.05) is 23.8 Å². The second-order valence-electron chi connectivity index (χ2n) is 8.78. The summed E-state index contributed by atoms with van der Waals surface area (Å²) in [6.45, 7) is 4.64. The Hall–Kier alpha value is -2.58. The summed E-state index contributed by atoms with van der Waals surface area (Å²) < 4.78 is 24.0. The number of imidazole rings is 1. The van der Waals surface area contributed by atoms with E-state index < -0.39 is 9.84 Å². The van der Waals surface area contributed by atoms with Gasteiger partial charge in [0.05, 0.1) is 28.6 Å². The van der Waals surface area contributed by atoms with Gasteiger partial charge in [0.15, 0.2) is 15.0 Å². The van der Waals surface area contributed by atoms with Crippen molar-refractivity contribution in [2.24, 2.45) is 5.92 Å². The summed E-state index contributed by atoms with van der Waals surface area (Å²) in [5.74, 6) is 0.646. The molecule has 1 aromatic heterocycles. The molecule has 1 N–H and O–H groups in total. The summed E-state index contributed by atoms with van der Waals surface area (Å²) in [5.41, 5.74) is 3.79. The average molecular weight is 484 g/mol. The molecule has 1 amide bonds. The van der Waals surface area contributed by atoms with Gasteiger partial charge >= 0.3 is 0 Å². The Morgan fingerprint density at radius 2 is 1.73 bits per heavy atom. The highest BCUT2D eigenvalue weighted by molar-refractivity contribution is 7.99. The van der Waals surface area contributed by atoms with Gasteiger partial charge in [0, 0.05) is 23.7 Å². The molecular weight excluding hydrogens is 454 g/mol. The normalized spacial score (nSPS) is 17.4. The van der Waals surface area contributed by atoms with Crippen LogP contribution in [0.1, 0.15) is 20.3 Å². The molecular formula is C25H29N3O3S2. The number of aromatic amines is 1. The summed E-state index contributed by atoms with van der Waals surface area (Å²) in [6, 6.07) is 19.8. The fourth-order valence-corrected chi connectivity index (χ4v) is 6.61. The molecule has 0 radical (unpaired) electrons. The van der Waals surface area contributed by atoms with E-state index in [1.165, 1.54) is 11.8 Å². The first-order chi connectivity index (χ1) is 15.8. The predicted molar refractivity (Wildman–Crippen MR) is 134 cm³/mol. The van der Waals surface area contributed by atoms with Crippen molar-refractivity contribution in [1.29, 1.82) is 0 Å². The minimum absolute atomic E-state index is 0.0466. The summed E-state index contributed by atoms with van der Waals surface area (Å²) >= 11 is 1.36. The lowest BCUT2D eigenvalue weighted by Gasteiger charge is -2.29. The van der Waals surface area contributed by atoms with Gasteiger partial charge in [-0.2, -0.15) is 0 Å². The molecule has 6 nitrogen and oxygen atoms in total. The summed E-state index contributed by atoms with van der Waals surface area (Å²) in [5, 5.41) is 0.671. The van der Waals surface area contributed by atoms with Gasteiger partial charge in [-0.25, -0.2) is 13.4 Å². The number of hydrogen-bond donors (Lipinski definition) is 1. The van der Waals surface area contributed by atoms with Crippen LogP contribution in [0.15, 0.2) is 65.8 Å². The van der Waals surface area contributed by atoms with E-state index in [2.05, 4.69) is 4.98 Å². The van der Waals surface area contributed by atoms with Crippen LogP contribution in [0.5, 0.6) is 0 Å². The molecule has 0 saturated carbocycles. The summed E-state index contributed by atoms with van der Waals surface area (Å²) in [6.07, 6.45) is 0.516. The number of carbonyl (C=O) groups is 1. The number of benzene rings is 2. The number of nitrogens with one attached hydrogen (secondary N) is 1. The molecule has 1 aliphatic rings. The van der Waals surface area contributed by atoms with E-state index in [0.717, 1.165) is 22.5 Å². The standard InChI is InChI=1S/C25H29N3O3S2/c1-18(2)15-28(21-13-14-33(30,31)17-21)22(29)16-32-25-26-23(19-9-5-3-6-10-19)24(27-25)20-11-7-4-8-12-20/h3-12,18,21H,13-17H2,1-2H3,(H,26,27). The van der Waals surface area contributed by atoms with Crippen molar-refractivity contribution >= 4 is 27.5 Å². The van der Waals surface area contributed by atoms with Crippen LogP contribution in [0.3, 0.4) is 0 Å². The zero-order valence-corrected chi connectivity index (χ0v) is 20.5. The fourth-order valence-electron chi connectivity index (χ4n) is 4.12. The van der Waals surface area contributed by atoms with Gasteiger partial charge in [0.25, 0.3) is 0 Å². The Kier molecular flexibility index (Phi) is 7.24. The molecule has 0 aliphatic carbocycles. The highest BCUT2D eigenvalue weighted by Gasteiger charge is 2.34. The molecule has 1 aliphatic heterocycles. The number of thioether (sulfide) groups is 1. The summed E-state index contributed by atoms with van der Waals surface area (Å²) in [7, 11) is -3.06. The number of carbonyl (C=O) groups excluding carboxylic acids is 1. The maximum atomic E-state index is 13.2. The van der Waals surface area contributed by atoms with Crippen molar-refractivity contribution in [3.05, 3.63) is 60.7 Å². The lowest BCUT2D eigenvalue weighted by Crippen LogP contribution is -2.44. The third kappa shape index (κ3) is 5.86. The highest BCUT2D eigenvalue weighted by Crippen LogP contribution is 2.33. The van der Waals surface area contributed by atoms with E-state index in [0.29, 0.717) is 18.1 Å². The van der Waals surface area contributed by atoms with Crippen LogP contribution in [-0.4, -0.2) is 59.0 Å². The summed E-state index contributed by atoms with van der Waals surface area (Å²) in [4.78, 5) is 23.1. The van der Waals surface area contributed by atoms with E-state index >= 15 is 0 Å². The van der Waals surface area contributed by atoms with Crippen LogP contribution in [0.2, 0.25) is 0 Å². The third-order valence-corrected chi connectivity index (χ3v) is 8.26. The lowest BCUT2D eigenvalue weighted by molar-refractivity contribution is -0.130. The van der Waals surface area contributed by atoms with E-state index in [1.807, 2.05) is 74.5 Å². The first-order valence-corrected chi connectivity index (χ1v) is 14.0. The highest BCUT2D eigenvalue weighted by atomic mass is 32.2. The van der Waals surface area contributed by atoms with Crippen LogP contribution < -0.4 is 0 Å². The van der Waals surface area contributed by atoms with Crippen molar-refractivity contribution in [3.63, 3.8) is 0 Å². The number of nitrogens with zero attached hydrogens (tertiary/aromatic N) is 2. The number of H-pyrrole nitrogens is 1. The van der Waals surface area contributed by atoms with E-state index in [9.17, 15) is 13.2 Å². The second kappa shape index (κ2) is 10.1. The molecule has 2 heterocycles. The Labute approximate surface area is 199 Å². The molecule has 0 spiro atoms. The van der Waals surface area contributed by atoms with Crippen LogP contribution >= 0.6 is 11.8 Å². The van der Waals surface area contributed by atoms with Gasteiger partial charge in [0.2, 0.25) is 5.91 Å². The molecule has 3 aromatic rings.